The maximum atomic E-state index is 6.30. The number of fused-ring (bicyclic) bond motifs is 11. The molecule has 0 saturated heterocycles. The monoisotopic (exact) mass is 656 g/mol. The van der Waals surface area contributed by atoms with Crippen molar-refractivity contribution in [3.05, 3.63) is 170 Å². The van der Waals surface area contributed by atoms with Crippen LogP contribution in [0.1, 0.15) is 0 Å². The summed E-state index contributed by atoms with van der Waals surface area (Å²) in [5.41, 5.74) is 8.62. The van der Waals surface area contributed by atoms with E-state index in [4.69, 9.17) is 4.42 Å². The Morgan fingerprint density at radius 1 is 0.420 bits per heavy atom. The van der Waals surface area contributed by atoms with Crippen molar-refractivity contribution in [2.45, 2.75) is 0 Å². The van der Waals surface area contributed by atoms with E-state index in [9.17, 15) is 0 Å². The van der Waals surface area contributed by atoms with Crippen molar-refractivity contribution < 1.29 is 4.42 Å². The van der Waals surface area contributed by atoms with Gasteiger partial charge in [-0.1, -0.05) is 103 Å². The minimum absolute atomic E-state index is 0.888. The summed E-state index contributed by atoms with van der Waals surface area (Å²) in [4.78, 5) is 2.44. The molecule has 0 amide bonds. The van der Waals surface area contributed by atoms with E-state index in [-0.39, 0.29) is 0 Å². The van der Waals surface area contributed by atoms with Crippen LogP contribution in [0.2, 0.25) is 0 Å². The first-order valence-electron chi connectivity index (χ1n) is 16.9. The van der Waals surface area contributed by atoms with Crippen LogP contribution in [0.15, 0.2) is 174 Å². The van der Waals surface area contributed by atoms with Crippen molar-refractivity contribution in [1.29, 1.82) is 0 Å². The van der Waals surface area contributed by atoms with Crippen LogP contribution in [0.5, 0.6) is 0 Å². The highest BCUT2D eigenvalue weighted by molar-refractivity contribution is 7.26. The molecule has 0 bridgehead atoms. The highest BCUT2D eigenvalue weighted by Gasteiger charge is 2.22. The zero-order valence-electron chi connectivity index (χ0n) is 26.9. The molecule has 0 spiro atoms. The number of aromatic nitrogens is 1. The first-order chi connectivity index (χ1) is 24.8. The maximum absolute atomic E-state index is 6.30. The third-order valence-electron chi connectivity index (χ3n) is 10.2. The van der Waals surface area contributed by atoms with E-state index in [2.05, 4.69) is 167 Å². The van der Waals surface area contributed by atoms with Crippen molar-refractivity contribution in [3.63, 3.8) is 0 Å². The van der Waals surface area contributed by atoms with Crippen molar-refractivity contribution in [2.24, 2.45) is 0 Å². The summed E-state index contributed by atoms with van der Waals surface area (Å²) in [6.07, 6.45) is 0. The Bertz CT molecular complexity index is 3110. The van der Waals surface area contributed by atoms with Gasteiger partial charge in [-0.3, -0.25) is 0 Å². The van der Waals surface area contributed by atoms with E-state index < -0.39 is 0 Å². The van der Waals surface area contributed by atoms with Gasteiger partial charge in [-0.25, -0.2) is 0 Å². The van der Waals surface area contributed by atoms with Crippen LogP contribution in [-0.4, -0.2) is 4.57 Å². The van der Waals surface area contributed by atoms with Crippen LogP contribution < -0.4 is 4.90 Å². The SMILES string of the molecule is c1ccc(-n2c3ccccc3c3ccc(N(c4ccc5oc6ccccc6c5c4)c4cc5sc6ccccc6c5c5ccccc45)cc32)cc1. The third-order valence-corrected chi connectivity index (χ3v) is 11.3. The summed E-state index contributed by atoms with van der Waals surface area (Å²) in [7, 11) is 0. The molecule has 0 N–H and O–H groups in total. The van der Waals surface area contributed by atoms with Crippen LogP contribution in [0, 0.1) is 0 Å². The number of hydrogen-bond donors (Lipinski definition) is 0. The summed E-state index contributed by atoms with van der Waals surface area (Å²) in [5, 5.41) is 9.80. The van der Waals surface area contributed by atoms with Crippen molar-refractivity contribution >= 4 is 103 Å². The number of para-hydroxylation sites is 3. The van der Waals surface area contributed by atoms with Crippen LogP contribution in [0.25, 0.3) is 80.4 Å². The second-order valence-electron chi connectivity index (χ2n) is 12.9. The topological polar surface area (TPSA) is 21.3 Å². The van der Waals surface area contributed by atoms with Gasteiger partial charge in [0.25, 0.3) is 0 Å². The molecule has 50 heavy (non-hydrogen) atoms. The van der Waals surface area contributed by atoms with Crippen LogP contribution in [0.3, 0.4) is 0 Å². The molecule has 3 heterocycles. The second kappa shape index (κ2) is 10.6. The average Bonchev–Trinajstić information content (AvgIpc) is 3.84. The first kappa shape index (κ1) is 27.6. The summed E-state index contributed by atoms with van der Waals surface area (Å²) >= 11 is 1.86. The molecule has 0 radical (unpaired) electrons. The average molecular weight is 657 g/mol. The fourth-order valence-corrected chi connectivity index (χ4v) is 9.15. The maximum Gasteiger partial charge on any atom is 0.135 e. The summed E-state index contributed by atoms with van der Waals surface area (Å²) in [5.74, 6) is 0. The number of thiophene rings is 1. The van der Waals surface area contributed by atoms with E-state index >= 15 is 0 Å². The molecular formula is C46H28N2OS. The Morgan fingerprint density at radius 2 is 1.06 bits per heavy atom. The first-order valence-corrected chi connectivity index (χ1v) is 17.7. The molecule has 0 aliphatic rings. The Balaban J connectivity index is 1.25. The van der Waals surface area contributed by atoms with Gasteiger partial charge in [-0.2, -0.15) is 0 Å². The highest BCUT2D eigenvalue weighted by Crippen LogP contribution is 2.48. The van der Waals surface area contributed by atoms with Crippen molar-refractivity contribution in [3.8, 4) is 5.69 Å². The molecule has 3 aromatic heterocycles. The summed E-state index contributed by atoms with van der Waals surface area (Å²) in [6.45, 7) is 0. The number of nitrogens with zero attached hydrogens (tertiary/aromatic N) is 2. The fourth-order valence-electron chi connectivity index (χ4n) is 7.99. The molecule has 0 atom stereocenters. The number of furan rings is 1. The highest BCUT2D eigenvalue weighted by atomic mass is 32.1. The smallest absolute Gasteiger partial charge is 0.135 e. The Labute approximate surface area is 291 Å². The number of hydrogen-bond acceptors (Lipinski definition) is 3. The molecule has 234 valence electrons. The van der Waals surface area contributed by atoms with E-state index in [1.54, 1.807) is 0 Å². The molecule has 11 rings (SSSR count). The van der Waals surface area contributed by atoms with Gasteiger partial charge >= 0.3 is 0 Å². The van der Waals surface area contributed by atoms with Gasteiger partial charge in [0.15, 0.2) is 0 Å². The number of rotatable bonds is 4. The van der Waals surface area contributed by atoms with Crippen molar-refractivity contribution in [1.82, 2.24) is 4.57 Å². The van der Waals surface area contributed by atoms with E-state index in [0.717, 1.165) is 44.7 Å². The van der Waals surface area contributed by atoms with Gasteiger partial charge < -0.3 is 13.9 Å². The second-order valence-corrected chi connectivity index (χ2v) is 14.0. The number of anilines is 3. The Kier molecular flexibility index (Phi) is 5.83. The largest absolute Gasteiger partial charge is 0.456 e. The van der Waals surface area contributed by atoms with Crippen LogP contribution >= 0.6 is 11.3 Å². The lowest BCUT2D eigenvalue weighted by molar-refractivity contribution is 0.669. The zero-order valence-corrected chi connectivity index (χ0v) is 27.7. The molecular weight excluding hydrogens is 629 g/mol. The minimum atomic E-state index is 0.888. The quantitative estimate of drug-likeness (QED) is 0.188. The predicted octanol–water partition coefficient (Wildman–Crippen LogP) is 13.7. The third kappa shape index (κ3) is 3.97. The summed E-state index contributed by atoms with van der Waals surface area (Å²) < 4.78 is 11.3. The molecule has 0 aliphatic carbocycles. The van der Waals surface area contributed by atoms with Crippen LogP contribution in [-0.2, 0) is 0 Å². The van der Waals surface area contributed by atoms with E-state index in [1.165, 1.54) is 52.8 Å². The molecule has 0 unspecified atom stereocenters. The predicted molar refractivity (Wildman–Crippen MR) is 213 cm³/mol. The minimum Gasteiger partial charge on any atom is -0.456 e. The fraction of sp³-hybridized carbons (Fsp3) is 0. The standard InChI is InChI=1S/C46H28N2OS/c1-2-12-29(13-3-1)48-39-19-9-6-14-32(39)34-24-22-31(27-40(34)48)47(30-23-25-43-38(26-30)35-16-7-10-20-42(35)49-43)41-28-45-46(36-17-5-4-15-33(36)41)37-18-8-11-21-44(37)50-45/h1-28H. The van der Waals surface area contributed by atoms with Gasteiger partial charge in [0.1, 0.15) is 11.2 Å². The molecule has 0 saturated carbocycles. The van der Waals surface area contributed by atoms with Gasteiger partial charge in [-0.05, 0) is 72.1 Å². The zero-order chi connectivity index (χ0) is 32.8. The summed E-state index contributed by atoms with van der Waals surface area (Å²) in [6, 6.07) is 61.3. The molecule has 4 heteroatoms. The lowest BCUT2D eigenvalue weighted by atomic mass is 10.0. The molecule has 8 aromatic carbocycles. The number of benzene rings is 8. The Morgan fingerprint density at radius 3 is 1.94 bits per heavy atom. The lowest BCUT2D eigenvalue weighted by Crippen LogP contribution is -2.10. The lowest BCUT2D eigenvalue weighted by Gasteiger charge is -2.27. The van der Waals surface area contributed by atoms with Gasteiger partial charge in [0.05, 0.1) is 16.7 Å². The normalized spacial score (nSPS) is 12.0. The van der Waals surface area contributed by atoms with Gasteiger partial charge in [0.2, 0.25) is 0 Å². The molecule has 0 fully saturated rings. The van der Waals surface area contributed by atoms with E-state index in [1.807, 2.05) is 23.5 Å². The Hall–Kier alpha value is -6.36. The molecule has 0 aliphatic heterocycles. The van der Waals surface area contributed by atoms with E-state index in [0.29, 0.717) is 0 Å². The molecule has 11 aromatic rings. The molecule has 3 nitrogen and oxygen atoms in total. The van der Waals surface area contributed by atoms with Crippen molar-refractivity contribution in [2.75, 3.05) is 4.90 Å². The van der Waals surface area contributed by atoms with Gasteiger partial charge in [-0.15, -0.1) is 11.3 Å². The van der Waals surface area contributed by atoms with Gasteiger partial charge in [0, 0.05) is 64.2 Å². The van der Waals surface area contributed by atoms with Crippen LogP contribution in [0.4, 0.5) is 17.1 Å².